The monoisotopic (exact) mass is 555 g/mol. The third-order valence-corrected chi connectivity index (χ3v) is 7.06. The summed E-state index contributed by atoms with van der Waals surface area (Å²) in [7, 11) is 0. The first-order valence-electron chi connectivity index (χ1n) is 12.0. The summed E-state index contributed by atoms with van der Waals surface area (Å²) in [5, 5.41) is 0.0197. The number of aryl methyl sites for hydroxylation is 2. The predicted octanol–water partition coefficient (Wildman–Crippen LogP) is 5.62. The van der Waals surface area contributed by atoms with Gasteiger partial charge in [0.05, 0.1) is 34.0 Å². The quantitative estimate of drug-likeness (QED) is 0.305. The van der Waals surface area contributed by atoms with E-state index in [4.69, 9.17) is 37.7 Å². The molecular formula is C27H24Cl2FN5O3. The second-order valence-electron chi connectivity index (χ2n) is 9.02. The fraction of sp³-hybridized carbons (Fsp3) is 0.296. The summed E-state index contributed by atoms with van der Waals surface area (Å²) in [6.45, 7) is 4.96. The van der Waals surface area contributed by atoms with Gasteiger partial charge < -0.3 is 9.47 Å². The van der Waals surface area contributed by atoms with Crippen LogP contribution in [0.25, 0.3) is 17.1 Å². The van der Waals surface area contributed by atoms with E-state index < -0.39 is 11.4 Å². The molecule has 38 heavy (non-hydrogen) atoms. The van der Waals surface area contributed by atoms with Gasteiger partial charge in [-0.3, -0.25) is 19.3 Å². The van der Waals surface area contributed by atoms with Gasteiger partial charge in [0.1, 0.15) is 29.0 Å². The lowest BCUT2D eigenvalue weighted by atomic mass is 9.99. The van der Waals surface area contributed by atoms with Gasteiger partial charge in [0.25, 0.3) is 5.56 Å². The zero-order chi connectivity index (χ0) is 26.8. The van der Waals surface area contributed by atoms with Gasteiger partial charge in [-0.2, -0.15) is 0 Å². The molecule has 196 valence electrons. The van der Waals surface area contributed by atoms with E-state index in [1.165, 1.54) is 4.57 Å². The van der Waals surface area contributed by atoms with Crippen LogP contribution in [-0.2, 0) is 11.3 Å². The van der Waals surface area contributed by atoms with E-state index in [2.05, 4.69) is 15.0 Å². The normalized spacial score (nSPS) is 14.0. The summed E-state index contributed by atoms with van der Waals surface area (Å²) in [6.07, 6.45) is 6.23. The summed E-state index contributed by atoms with van der Waals surface area (Å²) in [5.41, 5.74) is 3.16. The van der Waals surface area contributed by atoms with Crippen molar-refractivity contribution < 1.29 is 13.9 Å². The van der Waals surface area contributed by atoms with Crippen LogP contribution in [0.5, 0.6) is 5.75 Å². The summed E-state index contributed by atoms with van der Waals surface area (Å²) < 4.78 is 26.0. The lowest BCUT2D eigenvalue weighted by Crippen LogP contribution is -2.23. The van der Waals surface area contributed by atoms with Crippen LogP contribution >= 0.6 is 23.2 Å². The molecule has 0 aliphatic carbocycles. The predicted molar refractivity (Wildman–Crippen MR) is 142 cm³/mol. The van der Waals surface area contributed by atoms with Crippen molar-refractivity contribution in [1.29, 1.82) is 0 Å². The number of pyridine rings is 3. The number of ether oxygens (including phenoxy) is 2. The van der Waals surface area contributed by atoms with E-state index in [-0.39, 0.29) is 28.3 Å². The molecule has 8 nitrogen and oxygen atoms in total. The van der Waals surface area contributed by atoms with Gasteiger partial charge in [0, 0.05) is 43.3 Å². The van der Waals surface area contributed by atoms with Crippen molar-refractivity contribution in [2.45, 2.75) is 39.2 Å². The van der Waals surface area contributed by atoms with E-state index in [0.29, 0.717) is 41.7 Å². The topological polar surface area (TPSA) is 92.0 Å². The standard InChI is InChI=1S/C27H24Cl2FN5O3/c1-15-12-32-21(20-3-6-31-26(34-20)17-4-7-37-8-5-17)11-23(15)35-16(2)9-24(25(29)27(35)36)38-14-22-19(28)10-18(30)13-33-22/h3,6,9-13,17H,4-5,7-8,14H2,1-2H3. The van der Waals surface area contributed by atoms with Crippen molar-refractivity contribution in [3.05, 3.63) is 91.8 Å². The summed E-state index contributed by atoms with van der Waals surface area (Å²) in [4.78, 5) is 31.1. The zero-order valence-corrected chi connectivity index (χ0v) is 22.3. The fourth-order valence-electron chi connectivity index (χ4n) is 4.34. The van der Waals surface area contributed by atoms with Gasteiger partial charge in [0.15, 0.2) is 0 Å². The second-order valence-corrected chi connectivity index (χ2v) is 9.80. The summed E-state index contributed by atoms with van der Waals surface area (Å²) in [6, 6.07) is 6.43. The maximum absolute atomic E-state index is 13.4. The first-order valence-corrected chi connectivity index (χ1v) is 12.8. The Hall–Kier alpha value is -3.40. The number of halogens is 3. The Kier molecular flexibility index (Phi) is 7.69. The molecule has 4 aromatic rings. The number of aromatic nitrogens is 5. The van der Waals surface area contributed by atoms with Gasteiger partial charge in [-0.25, -0.2) is 14.4 Å². The highest BCUT2D eigenvalue weighted by Gasteiger charge is 2.20. The molecule has 1 saturated heterocycles. The molecule has 1 aliphatic rings. The number of hydrogen-bond donors (Lipinski definition) is 0. The Morgan fingerprint density at radius 3 is 2.63 bits per heavy atom. The van der Waals surface area contributed by atoms with Gasteiger partial charge in [-0.05, 0) is 50.5 Å². The molecule has 0 spiro atoms. The number of nitrogens with zero attached hydrogens (tertiary/aromatic N) is 5. The molecule has 1 aliphatic heterocycles. The lowest BCUT2D eigenvalue weighted by molar-refractivity contribution is 0.0836. The smallest absolute Gasteiger partial charge is 0.277 e. The van der Waals surface area contributed by atoms with Gasteiger partial charge in [0.2, 0.25) is 0 Å². The Morgan fingerprint density at radius 1 is 1.08 bits per heavy atom. The Morgan fingerprint density at radius 2 is 1.87 bits per heavy atom. The highest BCUT2D eigenvalue weighted by molar-refractivity contribution is 6.32. The summed E-state index contributed by atoms with van der Waals surface area (Å²) >= 11 is 12.5. The van der Waals surface area contributed by atoms with Crippen LogP contribution in [0.2, 0.25) is 10.0 Å². The third-order valence-electron chi connectivity index (χ3n) is 6.39. The molecule has 5 rings (SSSR count). The number of rotatable bonds is 6. The Bertz CT molecular complexity index is 1560. The molecule has 0 radical (unpaired) electrons. The molecular weight excluding hydrogens is 532 g/mol. The highest BCUT2D eigenvalue weighted by atomic mass is 35.5. The molecule has 5 heterocycles. The van der Waals surface area contributed by atoms with E-state index in [1.54, 1.807) is 31.5 Å². The van der Waals surface area contributed by atoms with E-state index >= 15 is 0 Å². The Labute approximate surface area is 228 Å². The average Bonchev–Trinajstić information content (AvgIpc) is 2.92. The SMILES string of the molecule is Cc1cnc(-c2ccnc(C3CCOCC3)n2)cc1-n1c(C)cc(OCc2ncc(F)cc2Cl)c(Cl)c1=O. The van der Waals surface area contributed by atoms with Crippen LogP contribution < -0.4 is 10.3 Å². The van der Waals surface area contributed by atoms with Crippen LogP contribution in [0.4, 0.5) is 4.39 Å². The van der Waals surface area contributed by atoms with Crippen molar-refractivity contribution in [1.82, 2.24) is 24.5 Å². The largest absolute Gasteiger partial charge is 0.485 e. The van der Waals surface area contributed by atoms with Crippen molar-refractivity contribution in [3.8, 4) is 22.8 Å². The van der Waals surface area contributed by atoms with Crippen molar-refractivity contribution >= 4 is 23.2 Å². The molecule has 1 fully saturated rings. The van der Waals surface area contributed by atoms with E-state index in [0.717, 1.165) is 36.5 Å². The van der Waals surface area contributed by atoms with Crippen molar-refractivity contribution in [3.63, 3.8) is 0 Å². The highest BCUT2D eigenvalue weighted by Crippen LogP contribution is 2.29. The number of hydrogen-bond acceptors (Lipinski definition) is 7. The molecule has 0 N–H and O–H groups in total. The molecule has 0 aromatic carbocycles. The molecule has 0 bridgehead atoms. The van der Waals surface area contributed by atoms with Gasteiger partial charge >= 0.3 is 0 Å². The minimum atomic E-state index is -0.552. The Balaban J connectivity index is 1.47. The third kappa shape index (κ3) is 5.41. The first kappa shape index (κ1) is 26.2. The second kappa shape index (κ2) is 11.1. The minimum Gasteiger partial charge on any atom is -0.485 e. The van der Waals surface area contributed by atoms with E-state index in [9.17, 15) is 9.18 Å². The fourth-order valence-corrected chi connectivity index (χ4v) is 4.75. The lowest BCUT2D eigenvalue weighted by Gasteiger charge is -2.21. The molecule has 0 amide bonds. The maximum atomic E-state index is 13.4. The molecule has 4 aromatic heterocycles. The summed E-state index contributed by atoms with van der Waals surface area (Å²) in [5.74, 6) is 0.633. The zero-order valence-electron chi connectivity index (χ0n) is 20.7. The van der Waals surface area contributed by atoms with Gasteiger partial charge in [-0.15, -0.1) is 0 Å². The molecule has 0 unspecified atom stereocenters. The van der Waals surface area contributed by atoms with Crippen molar-refractivity contribution in [2.24, 2.45) is 0 Å². The van der Waals surface area contributed by atoms with Gasteiger partial charge in [-0.1, -0.05) is 23.2 Å². The van der Waals surface area contributed by atoms with Crippen LogP contribution in [0.1, 0.15) is 41.5 Å². The maximum Gasteiger partial charge on any atom is 0.277 e. The first-order chi connectivity index (χ1) is 18.3. The van der Waals surface area contributed by atoms with Crippen molar-refractivity contribution in [2.75, 3.05) is 13.2 Å². The van der Waals surface area contributed by atoms with Crippen LogP contribution in [0.15, 0.2) is 47.7 Å². The molecule has 0 atom stereocenters. The van der Waals surface area contributed by atoms with Crippen LogP contribution in [0, 0.1) is 19.7 Å². The molecule has 11 heteroatoms. The average molecular weight is 556 g/mol. The molecule has 0 saturated carbocycles. The minimum absolute atomic E-state index is 0.0800. The van der Waals surface area contributed by atoms with E-state index in [1.807, 2.05) is 13.0 Å². The van der Waals surface area contributed by atoms with Crippen LogP contribution in [0.3, 0.4) is 0 Å². The van der Waals surface area contributed by atoms with Crippen LogP contribution in [-0.4, -0.2) is 37.7 Å².